The fourth-order valence-corrected chi connectivity index (χ4v) is 2.81. The minimum atomic E-state index is -0.711. The Hall–Kier alpha value is 0.0700. The molecule has 4 atom stereocenters. The van der Waals surface area contributed by atoms with E-state index in [4.69, 9.17) is 0 Å². The second-order valence-corrected chi connectivity index (χ2v) is 7.65. The molecule has 0 radical (unpaired) electrons. The molecule has 0 amide bonds. The highest BCUT2D eigenvalue weighted by Gasteiger charge is 2.26. The molecule has 1 fully saturated rings. The highest BCUT2D eigenvalue weighted by atomic mass is 32.2. The standard InChI is InChI=1S/C13H28N2OS/c1-10(2)6-13-9-15(11(3)7-14-13)8-12(4)17(5)16/h10-14H,6-9H2,1-5H3. The zero-order chi connectivity index (χ0) is 13.0. The molecular weight excluding hydrogens is 232 g/mol. The van der Waals surface area contributed by atoms with Gasteiger partial charge in [-0.15, -0.1) is 0 Å². The van der Waals surface area contributed by atoms with E-state index in [1.807, 2.05) is 6.26 Å². The van der Waals surface area contributed by atoms with Crippen molar-refractivity contribution in [2.24, 2.45) is 5.92 Å². The average Bonchev–Trinajstić information content (AvgIpc) is 2.22. The third-order valence-corrected chi connectivity index (χ3v) is 4.88. The normalized spacial score (nSPS) is 30.5. The van der Waals surface area contributed by atoms with Crippen LogP contribution < -0.4 is 5.32 Å². The molecule has 1 rings (SSSR count). The zero-order valence-corrected chi connectivity index (χ0v) is 12.7. The molecule has 0 aromatic heterocycles. The van der Waals surface area contributed by atoms with Gasteiger partial charge >= 0.3 is 0 Å². The summed E-state index contributed by atoms with van der Waals surface area (Å²) in [5.74, 6) is 0.737. The largest absolute Gasteiger partial charge is 0.311 e. The van der Waals surface area contributed by atoms with Crippen LogP contribution in [0.3, 0.4) is 0 Å². The Morgan fingerprint density at radius 1 is 1.41 bits per heavy atom. The summed E-state index contributed by atoms with van der Waals surface area (Å²) in [6, 6.07) is 1.16. The Bertz CT molecular complexity index is 258. The molecule has 0 spiro atoms. The molecule has 4 unspecified atom stereocenters. The first-order valence-corrected chi connectivity index (χ1v) is 8.32. The van der Waals surface area contributed by atoms with Gasteiger partial charge in [0.15, 0.2) is 0 Å². The van der Waals surface area contributed by atoms with Crippen LogP contribution >= 0.6 is 0 Å². The number of piperazine rings is 1. The van der Waals surface area contributed by atoms with Crippen LogP contribution in [0.25, 0.3) is 0 Å². The minimum Gasteiger partial charge on any atom is -0.311 e. The van der Waals surface area contributed by atoms with Gasteiger partial charge in [-0.05, 0) is 26.2 Å². The van der Waals surface area contributed by atoms with Crippen molar-refractivity contribution in [3.8, 4) is 0 Å². The van der Waals surface area contributed by atoms with Crippen LogP contribution in [0.5, 0.6) is 0 Å². The SMILES string of the molecule is CC(C)CC1CN(CC(C)S(C)=O)C(C)CN1. The van der Waals surface area contributed by atoms with Crippen molar-refractivity contribution in [3.63, 3.8) is 0 Å². The van der Waals surface area contributed by atoms with Gasteiger partial charge in [0.25, 0.3) is 0 Å². The van der Waals surface area contributed by atoms with Gasteiger partial charge in [0.2, 0.25) is 0 Å². The molecule has 1 aliphatic rings. The van der Waals surface area contributed by atoms with Crippen molar-refractivity contribution < 1.29 is 4.21 Å². The Labute approximate surface area is 109 Å². The highest BCUT2D eigenvalue weighted by Crippen LogP contribution is 2.14. The third-order valence-electron chi connectivity index (χ3n) is 3.59. The number of hydrogen-bond acceptors (Lipinski definition) is 3. The molecule has 102 valence electrons. The van der Waals surface area contributed by atoms with Crippen molar-refractivity contribution in [1.29, 1.82) is 0 Å². The summed E-state index contributed by atoms with van der Waals surface area (Å²) in [6.07, 6.45) is 3.04. The van der Waals surface area contributed by atoms with E-state index in [-0.39, 0.29) is 5.25 Å². The first-order chi connectivity index (χ1) is 7.90. The Morgan fingerprint density at radius 3 is 2.59 bits per heavy atom. The maximum Gasteiger partial charge on any atom is 0.0444 e. The highest BCUT2D eigenvalue weighted by molar-refractivity contribution is 7.84. The van der Waals surface area contributed by atoms with Crippen LogP contribution in [0.4, 0.5) is 0 Å². The summed E-state index contributed by atoms with van der Waals surface area (Å²) in [4.78, 5) is 2.50. The van der Waals surface area contributed by atoms with Crippen molar-refractivity contribution in [1.82, 2.24) is 10.2 Å². The molecule has 1 N–H and O–H groups in total. The molecule has 0 aromatic rings. The maximum absolute atomic E-state index is 11.5. The van der Waals surface area contributed by atoms with E-state index in [0.717, 1.165) is 25.6 Å². The lowest BCUT2D eigenvalue weighted by molar-refractivity contribution is 0.133. The summed E-state index contributed by atoms with van der Waals surface area (Å²) in [5.41, 5.74) is 0. The Balaban J connectivity index is 2.48. The molecule has 0 saturated carbocycles. The summed E-state index contributed by atoms with van der Waals surface area (Å²) < 4.78 is 11.5. The van der Waals surface area contributed by atoms with E-state index in [1.54, 1.807) is 0 Å². The van der Waals surface area contributed by atoms with Gasteiger partial charge in [0.1, 0.15) is 0 Å². The van der Waals surface area contributed by atoms with Crippen molar-refractivity contribution in [3.05, 3.63) is 0 Å². The molecule has 0 aliphatic carbocycles. The van der Waals surface area contributed by atoms with Crippen LogP contribution in [0.15, 0.2) is 0 Å². The number of hydrogen-bond donors (Lipinski definition) is 1. The van der Waals surface area contributed by atoms with Gasteiger partial charge < -0.3 is 5.32 Å². The van der Waals surface area contributed by atoms with E-state index < -0.39 is 10.8 Å². The number of nitrogens with zero attached hydrogens (tertiary/aromatic N) is 1. The van der Waals surface area contributed by atoms with Gasteiger partial charge in [0.05, 0.1) is 0 Å². The van der Waals surface area contributed by atoms with Gasteiger partial charge in [-0.25, -0.2) is 0 Å². The van der Waals surface area contributed by atoms with Crippen LogP contribution in [0, 0.1) is 5.92 Å². The molecule has 1 saturated heterocycles. The van der Waals surface area contributed by atoms with Gasteiger partial charge in [0, 0.05) is 54.0 Å². The van der Waals surface area contributed by atoms with Crippen LogP contribution in [0.1, 0.15) is 34.1 Å². The van der Waals surface area contributed by atoms with Gasteiger partial charge in [-0.2, -0.15) is 0 Å². The molecule has 0 aromatic carbocycles. The van der Waals surface area contributed by atoms with E-state index >= 15 is 0 Å². The average molecular weight is 260 g/mol. The summed E-state index contributed by atoms with van der Waals surface area (Å²) >= 11 is 0. The molecule has 4 heteroatoms. The summed E-state index contributed by atoms with van der Waals surface area (Å²) in [7, 11) is -0.711. The topological polar surface area (TPSA) is 32.3 Å². The second-order valence-electron chi connectivity index (χ2n) is 5.85. The number of nitrogens with one attached hydrogen (secondary N) is 1. The van der Waals surface area contributed by atoms with Crippen molar-refractivity contribution in [2.75, 3.05) is 25.9 Å². The molecule has 0 bridgehead atoms. The summed E-state index contributed by atoms with van der Waals surface area (Å²) in [6.45, 7) is 12.0. The lowest BCUT2D eigenvalue weighted by atomic mass is 10.00. The fraction of sp³-hybridized carbons (Fsp3) is 1.00. The molecule has 1 heterocycles. The molecular formula is C13H28N2OS. The quantitative estimate of drug-likeness (QED) is 0.812. The third kappa shape index (κ3) is 5.06. The number of rotatable bonds is 5. The van der Waals surface area contributed by atoms with Gasteiger partial charge in [-0.3, -0.25) is 9.11 Å². The molecule has 17 heavy (non-hydrogen) atoms. The molecule has 1 aliphatic heterocycles. The first kappa shape index (κ1) is 15.1. The lowest BCUT2D eigenvalue weighted by Gasteiger charge is -2.40. The maximum atomic E-state index is 11.5. The predicted molar refractivity (Wildman–Crippen MR) is 75.8 cm³/mol. The Kier molecular flexibility index (Phi) is 6.10. The fourth-order valence-electron chi connectivity index (χ4n) is 2.41. The van der Waals surface area contributed by atoms with Crippen molar-refractivity contribution in [2.45, 2.75) is 51.4 Å². The van der Waals surface area contributed by atoms with Crippen LogP contribution in [-0.2, 0) is 10.8 Å². The monoisotopic (exact) mass is 260 g/mol. The molecule has 3 nitrogen and oxygen atoms in total. The zero-order valence-electron chi connectivity index (χ0n) is 11.9. The van der Waals surface area contributed by atoms with Gasteiger partial charge in [-0.1, -0.05) is 13.8 Å². The summed E-state index contributed by atoms with van der Waals surface area (Å²) in [5, 5.41) is 3.89. The second kappa shape index (κ2) is 6.86. The Morgan fingerprint density at radius 2 is 2.06 bits per heavy atom. The van der Waals surface area contributed by atoms with Crippen LogP contribution in [-0.4, -0.2) is 52.3 Å². The van der Waals surface area contributed by atoms with Crippen molar-refractivity contribution >= 4 is 10.8 Å². The predicted octanol–water partition coefficient (Wildman–Crippen LogP) is 1.46. The first-order valence-electron chi connectivity index (χ1n) is 6.69. The smallest absolute Gasteiger partial charge is 0.0444 e. The minimum absolute atomic E-state index is 0.273. The lowest BCUT2D eigenvalue weighted by Crippen LogP contribution is -2.57. The van der Waals surface area contributed by atoms with E-state index in [2.05, 4.69) is 37.9 Å². The van der Waals surface area contributed by atoms with E-state index in [1.165, 1.54) is 6.42 Å². The van der Waals surface area contributed by atoms with Crippen LogP contribution in [0.2, 0.25) is 0 Å². The van der Waals surface area contributed by atoms with E-state index in [0.29, 0.717) is 12.1 Å². The van der Waals surface area contributed by atoms with E-state index in [9.17, 15) is 4.21 Å².